The van der Waals surface area contributed by atoms with Gasteiger partial charge < -0.3 is 10.1 Å². The van der Waals surface area contributed by atoms with Gasteiger partial charge in [-0.2, -0.15) is 5.10 Å². The SMILES string of the molecule is Cc1nn(C)c(NC(=O)[C@@H](C)CCOc2ccccc2)c1C. The van der Waals surface area contributed by atoms with Gasteiger partial charge >= 0.3 is 0 Å². The molecule has 5 heteroatoms. The molecule has 0 fully saturated rings. The van der Waals surface area contributed by atoms with E-state index in [-0.39, 0.29) is 11.8 Å². The molecule has 0 unspecified atom stereocenters. The summed E-state index contributed by atoms with van der Waals surface area (Å²) in [5, 5.41) is 7.26. The Morgan fingerprint density at radius 2 is 2.00 bits per heavy atom. The van der Waals surface area contributed by atoms with Crippen molar-refractivity contribution in [2.45, 2.75) is 27.2 Å². The minimum absolute atomic E-state index is 0.0113. The monoisotopic (exact) mass is 301 g/mol. The smallest absolute Gasteiger partial charge is 0.228 e. The van der Waals surface area contributed by atoms with Crippen LogP contribution in [0.3, 0.4) is 0 Å². The Morgan fingerprint density at radius 3 is 2.59 bits per heavy atom. The summed E-state index contributed by atoms with van der Waals surface area (Å²) in [5.41, 5.74) is 1.93. The molecule has 22 heavy (non-hydrogen) atoms. The molecule has 1 atom stereocenters. The number of hydrogen-bond donors (Lipinski definition) is 1. The Hall–Kier alpha value is -2.30. The number of nitrogens with one attached hydrogen (secondary N) is 1. The molecule has 1 heterocycles. The summed E-state index contributed by atoms with van der Waals surface area (Å²) >= 11 is 0. The fourth-order valence-electron chi connectivity index (χ4n) is 2.18. The van der Waals surface area contributed by atoms with E-state index in [1.54, 1.807) is 4.68 Å². The Morgan fingerprint density at radius 1 is 1.32 bits per heavy atom. The van der Waals surface area contributed by atoms with Gasteiger partial charge in [-0.3, -0.25) is 9.48 Å². The van der Waals surface area contributed by atoms with E-state index >= 15 is 0 Å². The lowest BCUT2D eigenvalue weighted by molar-refractivity contribution is -0.119. The highest BCUT2D eigenvalue weighted by atomic mass is 16.5. The number of ether oxygens (including phenoxy) is 1. The number of carbonyl (C=O) groups excluding carboxylic acids is 1. The van der Waals surface area contributed by atoms with E-state index in [0.29, 0.717) is 13.0 Å². The molecule has 0 radical (unpaired) electrons. The first-order valence-electron chi connectivity index (χ1n) is 7.48. The molecule has 118 valence electrons. The average molecular weight is 301 g/mol. The van der Waals surface area contributed by atoms with Crippen molar-refractivity contribution in [1.82, 2.24) is 9.78 Å². The molecule has 0 spiro atoms. The number of anilines is 1. The predicted octanol–water partition coefficient (Wildman–Crippen LogP) is 3.08. The molecule has 0 aliphatic carbocycles. The number of benzene rings is 1. The molecular weight excluding hydrogens is 278 g/mol. The fourth-order valence-corrected chi connectivity index (χ4v) is 2.18. The third-order valence-electron chi connectivity index (χ3n) is 3.77. The van der Waals surface area contributed by atoms with Crippen LogP contribution in [0.2, 0.25) is 0 Å². The molecule has 0 saturated carbocycles. The normalized spacial score (nSPS) is 12.0. The molecule has 1 amide bonds. The number of aromatic nitrogens is 2. The van der Waals surface area contributed by atoms with Crippen LogP contribution in [0.15, 0.2) is 30.3 Å². The second-order valence-corrected chi connectivity index (χ2v) is 5.52. The summed E-state index contributed by atoms with van der Waals surface area (Å²) in [6.07, 6.45) is 0.663. The first kappa shape index (κ1) is 16.1. The van der Waals surface area contributed by atoms with Crippen molar-refractivity contribution in [2.75, 3.05) is 11.9 Å². The number of amides is 1. The van der Waals surface area contributed by atoms with Crippen molar-refractivity contribution in [3.63, 3.8) is 0 Å². The van der Waals surface area contributed by atoms with Gasteiger partial charge in [-0.15, -0.1) is 0 Å². The summed E-state index contributed by atoms with van der Waals surface area (Å²) in [6, 6.07) is 9.62. The van der Waals surface area contributed by atoms with Crippen LogP contribution in [-0.4, -0.2) is 22.3 Å². The van der Waals surface area contributed by atoms with E-state index < -0.39 is 0 Å². The number of nitrogens with zero attached hydrogens (tertiary/aromatic N) is 2. The number of hydrogen-bond acceptors (Lipinski definition) is 3. The van der Waals surface area contributed by atoms with E-state index in [1.165, 1.54) is 0 Å². The van der Waals surface area contributed by atoms with Gasteiger partial charge in [0.15, 0.2) is 0 Å². The van der Waals surface area contributed by atoms with E-state index in [9.17, 15) is 4.79 Å². The van der Waals surface area contributed by atoms with Gasteiger partial charge in [-0.05, 0) is 32.4 Å². The van der Waals surface area contributed by atoms with E-state index in [1.807, 2.05) is 58.2 Å². The molecule has 0 bridgehead atoms. The van der Waals surface area contributed by atoms with E-state index in [2.05, 4.69) is 10.4 Å². The highest BCUT2D eigenvalue weighted by Gasteiger charge is 2.17. The average Bonchev–Trinajstić information content (AvgIpc) is 2.74. The highest BCUT2D eigenvalue weighted by Crippen LogP contribution is 2.18. The molecule has 0 aliphatic rings. The zero-order valence-corrected chi connectivity index (χ0v) is 13.6. The van der Waals surface area contributed by atoms with Crippen molar-refractivity contribution in [3.05, 3.63) is 41.6 Å². The summed E-state index contributed by atoms with van der Waals surface area (Å²) in [5.74, 6) is 1.45. The lowest BCUT2D eigenvalue weighted by Crippen LogP contribution is -2.23. The number of carbonyl (C=O) groups is 1. The maximum Gasteiger partial charge on any atom is 0.228 e. The second-order valence-electron chi connectivity index (χ2n) is 5.52. The summed E-state index contributed by atoms with van der Waals surface area (Å²) in [6.45, 7) is 6.31. The number of para-hydroxylation sites is 1. The fraction of sp³-hybridized carbons (Fsp3) is 0.412. The van der Waals surface area contributed by atoms with Crippen molar-refractivity contribution in [2.24, 2.45) is 13.0 Å². The lowest BCUT2D eigenvalue weighted by atomic mass is 10.1. The van der Waals surface area contributed by atoms with Crippen LogP contribution in [0.1, 0.15) is 24.6 Å². The van der Waals surface area contributed by atoms with Gasteiger partial charge in [0, 0.05) is 18.5 Å². The van der Waals surface area contributed by atoms with Crippen LogP contribution in [-0.2, 0) is 11.8 Å². The first-order chi connectivity index (χ1) is 10.5. The summed E-state index contributed by atoms with van der Waals surface area (Å²) in [7, 11) is 1.83. The van der Waals surface area contributed by atoms with Gasteiger partial charge in [0.25, 0.3) is 0 Å². The third kappa shape index (κ3) is 3.87. The quantitative estimate of drug-likeness (QED) is 0.892. The van der Waals surface area contributed by atoms with Crippen molar-refractivity contribution < 1.29 is 9.53 Å². The summed E-state index contributed by atoms with van der Waals surface area (Å²) < 4.78 is 7.34. The van der Waals surface area contributed by atoms with Crippen LogP contribution in [0.5, 0.6) is 5.75 Å². The molecule has 2 rings (SSSR count). The Labute approximate surface area is 131 Å². The minimum Gasteiger partial charge on any atom is -0.494 e. The van der Waals surface area contributed by atoms with Crippen molar-refractivity contribution >= 4 is 11.7 Å². The maximum absolute atomic E-state index is 12.3. The van der Waals surface area contributed by atoms with Crippen LogP contribution >= 0.6 is 0 Å². The highest BCUT2D eigenvalue weighted by molar-refractivity contribution is 5.92. The molecule has 0 aliphatic heterocycles. The third-order valence-corrected chi connectivity index (χ3v) is 3.77. The molecule has 5 nitrogen and oxygen atoms in total. The second kappa shape index (κ2) is 7.11. The van der Waals surface area contributed by atoms with Gasteiger partial charge in [0.1, 0.15) is 11.6 Å². The lowest BCUT2D eigenvalue weighted by Gasteiger charge is -2.13. The molecule has 1 N–H and O–H groups in total. The van der Waals surface area contributed by atoms with Gasteiger partial charge in [-0.1, -0.05) is 25.1 Å². The molecular formula is C17H23N3O2. The zero-order chi connectivity index (χ0) is 16.1. The van der Waals surface area contributed by atoms with Crippen molar-refractivity contribution in [1.29, 1.82) is 0 Å². The molecule has 2 aromatic rings. The topological polar surface area (TPSA) is 56.2 Å². The maximum atomic E-state index is 12.3. The largest absolute Gasteiger partial charge is 0.494 e. The van der Waals surface area contributed by atoms with Gasteiger partial charge in [0.05, 0.1) is 12.3 Å². The number of rotatable bonds is 6. The van der Waals surface area contributed by atoms with Crippen molar-refractivity contribution in [3.8, 4) is 5.75 Å². The van der Waals surface area contributed by atoms with E-state index in [4.69, 9.17) is 4.74 Å². The van der Waals surface area contributed by atoms with Gasteiger partial charge in [0.2, 0.25) is 5.91 Å². The van der Waals surface area contributed by atoms with Crippen LogP contribution in [0, 0.1) is 19.8 Å². The Kier molecular flexibility index (Phi) is 5.20. The van der Waals surface area contributed by atoms with Gasteiger partial charge in [-0.25, -0.2) is 0 Å². The molecule has 1 aromatic heterocycles. The van der Waals surface area contributed by atoms with Crippen LogP contribution in [0.4, 0.5) is 5.82 Å². The standard InChI is InChI=1S/C17H23N3O2/c1-12(10-11-22-15-8-6-5-7-9-15)17(21)18-16-13(2)14(3)19-20(16)4/h5-9,12H,10-11H2,1-4H3,(H,18,21)/t12-/m0/s1. The Bertz CT molecular complexity index is 635. The number of aryl methyl sites for hydroxylation is 2. The van der Waals surface area contributed by atoms with Crippen LogP contribution < -0.4 is 10.1 Å². The summed E-state index contributed by atoms with van der Waals surface area (Å²) in [4.78, 5) is 12.3. The van der Waals surface area contributed by atoms with E-state index in [0.717, 1.165) is 22.8 Å². The zero-order valence-electron chi connectivity index (χ0n) is 13.6. The Balaban J connectivity index is 1.84. The minimum atomic E-state index is -0.127. The molecule has 0 saturated heterocycles. The first-order valence-corrected chi connectivity index (χ1v) is 7.48. The molecule has 1 aromatic carbocycles. The predicted molar refractivity (Wildman–Crippen MR) is 87.0 cm³/mol. The van der Waals surface area contributed by atoms with Crippen LogP contribution in [0.25, 0.3) is 0 Å².